The minimum absolute atomic E-state index is 0.0345. The molecule has 4 rings (SSSR count). The van der Waals surface area contributed by atoms with Crippen molar-refractivity contribution in [1.82, 2.24) is 10.2 Å². The average Bonchev–Trinajstić information content (AvgIpc) is 3.43. The molecule has 0 spiro atoms. The SMILES string of the molecule is COc1ccc(/C(O)=C2\C(=O)C(=O)N(c3nncs3)C2c2ccc(C)s2)cc1. The van der Waals surface area contributed by atoms with Gasteiger partial charge in [-0.2, -0.15) is 0 Å². The number of ether oxygens (including phenoxy) is 1. The summed E-state index contributed by atoms with van der Waals surface area (Å²) in [5.74, 6) is -1.09. The van der Waals surface area contributed by atoms with Crippen molar-refractivity contribution in [3.63, 3.8) is 0 Å². The molecule has 9 heteroatoms. The number of aryl methyl sites for hydroxylation is 1. The number of hydrogen-bond acceptors (Lipinski definition) is 8. The van der Waals surface area contributed by atoms with Crippen molar-refractivity contribution in [2.24, 2.45) is 0 Å². The number of nitrogens with zero attached hydrogens (tertiary/aromatic N) is 3. The van der Waals surface area contributed by atoms with E-state index in [1.54, 1.807) is 31.4 Å². The molecule has 1 aliphatic heterocycles. The zero-order valence-electron chi connectivity index (χ0n) is 14.9. The number of Topliss-reactive ketones (excluding diaryl/α,β-unsaturated/α-hetero) is 1. The second-order valence-corrected chi connectivity index (χ2v) is 8.20. The van der Waals surface area contributed by atoms with E-state index in [0.29, 0.717) is 16.4 Å². The summed E-state index contributed by atoms with van der Waals surface area (Å²) in [6, 6.07) is 9.65. The number of ketones is 1. The first-order valence-corrected chi connectivity index (χ1v) is 9.99. The molecule has 3 aromatic rings. The Labute approximate surface area is 168 Å². The molecule has 1 amide bonds. The summed E-state index contributed by atoms with van der Waals surface area (Å²) in [6.45, 7) is 1.94. The third-order valence-corrected chi connectivity index (χ3v) is 6.14. The van der Waals surface area contributed by atoms with E-state index >= 15 is 0 Å². The van der Waals surface area contributed by atoms with E-state index in [1.165, 1.54) is 21.7 Å². The summed E-state index contributed by atoms with van der Waals surface area (Å²) in [5.41, 5.74) is 1.95. The van der Waals surface area contributed by atoms with E-state index in [2.05, 4.69) is 10.2 Å². The summed E-state index contributed by atoms with van der Waals surface area (Å²) in [7, 11) is 1.54. The second kappa shape index (κ2) is 7.17. The highest BCUT2D eigenvalue weighted by Crippen LogP contribution is 2.44. The van der Waals surface area contributed by atoms with Gasteiger partial charge in [-0.25, -0.2) is 0 Å². The van der Waals surface area contributed by atoms with Gasteiger partial charge in [0.05, 0.1) is 12.7 Å². The first-order chi connectivity index (χ1) is 13.5. The molecule has 142 valence electrons. The molecule has 1 fully saturated rings. The van der Waals surface area contributed by atoms with Gasteiger partial charge in [0, 0.05) is 15.3 Å². The molecule has 2 aromatic heterocycles. The van der Waals surface area contributed by atoms with E-state index < -0.39 is 17.7 Å². The number of carbonyl (C=O) groups is 2. The number of carbonyl (C=O) groups excluding carboxylic acids is 2. The number of benzene rings is 1. The third kappa shape index (κ3) is 2.98. The molecule has 7 nitrogen and oxygen atoms in total. The van der Waals surface area contributed by atoms with Crippen LogP contribution in [0.25, 0.3) is 5.76 Å². The monoisotopic (exact) mass is 413 g/mol. The minimum atomic E-state index is -0.756. The molecule has 1 unspecified atom stereocenters. The van der Waals surface area contributed by atoms with Crippen LogP contribution in [0.4, 0.5) is 5.13 Å². The van der Waals surface area contributed by atoms with Crippen LogP contribution in [-0.2, 0) is 9.59 Å². The lowest BCUT2D eigenvalue weighted by Crippen LogP contribution is -2.29. The van der Waals surface area contributed by atoms with Crippen molar-refractivity contribution in [1.29, 1.82) is 0 Å². The van der Waals surface area contributed by atoms with E-state index in [9.17, 15) is 14.7 Å². The number of aromatic nitrogens is 2. The first-order valence-electron chi connectivity index (χ1n) is 8.29. The molecule has 0 saturated carbocycles. The van der Waals surface area contributed by atoms with Crippen LogP contribution >= 0.6 is 22.7 Å². The number of aliphatic hydroxyl groups is 1. The highest BCUT2D eigenvalue weighted by Gasteiger charge is 2.48. The lowest BCUT2D eigenvalue weighted by Gasteiger charge is -2.20. The predicted molar refractivity (Wildman–Crippen MR) is 107 cm³/mol. The summed E-state index contributed by atoms with van der Waals surface area (Å²) >= 11 is 2.62. The molecule has 1 aromatic carbocycles. The Balaban J connectivity index is 1.90. The fourth-order valence-electron chi connectivity index (χ4n) is 3.08. The van der Waals surface area contributed by atoms with Gasteiger partial charge in [-0.1, -0.05) is 11.3 Å². The van der Waals surface area contributed by atoms with Crippen LogP contribution in [0.2, 0.25) is 0 Å². The minimum Gasteiger partial charge on any atom is -0.507 e. The van der Waals surface area contributed by atoms with E-state index in [-0.39, 0.29) is 11.3 Å². The quantitative estimate of drug-likeness (QED) is 0.400. The first kappa shape index (κ1) is 18.3. The molecule has 0 bridgehead atoms. The molecular weight excluding hydrogens is 398 g/mol. The topological polar surface area (TPSA) is 92.6 Å². The number of thiophene rings is 1. The molecule has 0 radical (unpaired) electrons. The zero-order chi connectivity index (χ0) is 19.8. The van der Waals surface area contributed by atoms with Gasteiger partial charge in [0.2, 0.25) is 5.13 Å². The normalized spacial score (nSPS) is 18.6. The average molecular weight is 413 g/mol. The lowest BCUT2D eigenvalue weighted by molar-refractivity contribution is -0.132. The van der Waals surface area contributed by atoms with Gasteiger partial charge in [0.15, 0.2) is 0 Å². The van der Waals surface area contributed by atoms with E-state index in [0.717, 1.165) is 21.1 Å². The molecule has 1 atom stereocenters. The third-order valence-electron chi connectivity index (χ3n) is 4.39. The molecule has 28 heavy (non-hydrogen) atoms. The van der Waals surface area contributed by atoms with Crippen molar-refractivity contribution in [3.05, 3.63) is 62.8 Å². The number of hydrogen-bond donors (Lipinski definition) is 1. The summed E-state index contributed by atoms with van der Waals surface area (Å²) in [4.78, 5) is 28.8. The summed E-state index contributed by atoms with van der Waals surface area (Å²) < 4.78 is 5.13. The van der Waals surface area contributed by atoms with Crippen molar-refractivity contribution in [2.45, 2.75) is 13.0 Å². The number of aliphatic hydroxyl groups excluding tert-OH is 1. The van der Waals surface area contributed by atoms with E-state index in [1.807, 2.05) is 19.1 Å². The van der Waals surface area contributed by atoms with Gasteiger partial charge in [-0.15, -0.1) is 21.5 Å². The molecule has 1 saturated heterocycles. The maximum atomic E-state index is 12.9. The van der Waals surface area contributed by atoms with E-state index in [4.69, 9.17) is 4.74 Å². The fraction of sp³-hybridized carbons (Fsp3) is 0.158. The fourth-order valence-corrected chi connectivity index (χ4v) is 4.64. The van der Waals surface area contributed by atoms with Crippen LogP contribution in [0.15, 0.2) is 47.5 Å². The van der Waals surface area contributed by atoms with Gasteiger partial charge < -0.3 is 9.84 Å². The highest BCUT2D eigenvalue weighted by atomic mass is 32.1. The number of methoxy groups -OCH3 is 1. The lowest BCUT2D eigenvalue weighted by atomic mass is 10.00. The molecule has 1 aliphatic rings. The Hall–Kier alpha value is -3.04. The van der Waals surface area contributed by atoms with Crippen LogP contribution in [-0.4, -0.2) is 34.1 Å². The van der Waals surface area contributed by atoms with Crippen LogP contribution in [0.5, 0.6) is 5.75 Å². The highest BCUT2D eigenvalue weighted by molar-refractivity contribution is 7.14. The summed E-state index contributed by atoms with van der Waals surface area (Å²) in [6.07, 6.45) is 0. The van der Waals surface area contributed by atoms with Gasteiger partial charge in [-0.3, -0.25) is 14.5 Å². The van der Waals surface area contributed by atoms with Gasteiger partial charge in [-0.05, 0) is 43.3 Å². The smallest absolute Gasteiger partial charge is 0.301 e. The summed E-state index contributed by atoms with van der Waals surface area (Å²) in [5, 5.41) is 19.0. The van der Waals surface area contributed by atoms with Gasteiger partial charge in [0.25, 0.3) is 5.78 Å². The van der Waals surface area contributed by atoms with Crippen LogP contribution < -0.4 is 9.64 Å². The molecular formula is C19H15N3O4S2. The Morgan fingerprint density at radius 2 is 1.93 bits per heavy atom. The van der Waals surface area contributed by atoms with Crippen LogP contribution in [0.3, 0.4) is 0 Å². The number of anilines is 1. The Bertz CT molecular complexity index is 1070. The molecule has 1 N–H and O–H groups in total. The van der Waals surface area contributed by atoms with Crippen molar-refractivity contribution in [2.75, 3.05) is 12.0 Å². The number of rotatable bonds is 4. The van der Waals surface area contributed by atoms with Gasteiger partial charge >= 0.3 is 5.91 Å². The van der Waals surface area contributed by atoms with Gasteiger partial charge in [0.1, 0.15) is 23.1 Å². The molecule has 0 aliphatic carbocycles. The Kier molecular flexibility index (Phi) is 4.70. The van der Waals surface area contributed by atoms with Crippen molar-refractivity contribution in [3.8, 4) is 5.75 Å². The zero-order valence-corrected chi connectivity index (χ0v) is 16.6. The largest absolute Gasteiger partial charge is 0.507 e. The van der Waals surface area contributed by atoms with Crippen molar-refractivity contribution >= 4 is 45.3 Å². The maximum absolute atomic E-state index is 12.9. The van der Waals surface area contributed by atoms with Crippen LogP contribution in [0, 0.1) is 6.92 Å². The maximum Gasteiger partial charge on any atom is 0.301 e. The Morgan fingerprint density at radius 3 is 2.50 bits per heavy atom. The predicted octanol–water partition coefficient (Wildman–Crippen LogP) is 3.54. The Morgan fingerprint density at radius 1 is 1.18 bits per heavy atom. The number of amides is 1. The molecule has 3 heterocycles. The van der Waals surface area contributed by atoms with Crippen LogP contribution in [0.1, 0.15) is 21.4 Å². The standard InChI is InChI=1S/C19H15N3O4S2/c1-10-3-8-13(28-10)15-14(16(23)11-4-6-12(26-2)7-5-11)17(24)18(25)22(15)19-21-20-9-27-19/h3-9,15,23H,1-2H3/b16-14+. The van der Waals surface area contributed by atoms with Crippen molar-refractivity contribution < 1.29 is 19.4 Å². The second-order valence-electron chi connectivity index (χ2n) is 6.07.